The van der Waals surface area contributed by atoms with E-state index in [1.54, 1.807) is 0 Å². The Morgan fingerprint density at radius 3 is 1.81 bits per heavy atom. The van der Waals surface area contributed by atoms with Gasteiger partial charge in [-0.1, -0.05) is 81.0 Å². The molecular formula is C33H57NO8P+. The fourth-order valence-electron chi connectivity index (χ4n) is 3.32. The molecule has 0 spiro atoms. The molecule has 0 saturated heterocycles. The average Bonchev–Trinajstić information content (AvgIpc) is 2.94. The molecule has 0 amide bonds. The molecule has 0 aliphatic heterocycles. The number of likely N-dealkylation sites (N-methyl/N-ethyl adjacent to an activating group) is 1. The predicted octanol–water partition coefficient (Wildman–Crippen LogP) is 7.39. The summed E-state index contributed by atoms with van der Waals surface area (Å²) in [4.78, 5) is 34.3. The van der Waals surface area contributed by atoms with Gasteiger partial charge in [0.1, 0.15) is 19.8 Å². The SMILES string of the molecule is CC/C=C\C/C=C\C/C=C\C/C=C\C/C=C\CCCC(=O)OC(COC(=O)CCCC)COP(=O)(O)OCC[N+](C)(C)C. The van der Waals surface area contributed by atoms with Crippen molar-refractivity contribution in [1.29, 1.82) is 0 Å². The first kappa shape index (κ1) is 40.7. The van der Waals surface area contributed by atoms with Gasteiger partial charge < -0.3 is 18.9 Å². The van der Waals surface area contributed by atoms with Crippen molar-refractivity contribution in [3.05, 3.63) is 60.8 Å². The second-order valence-corrected chi connectivity index (χ2v) is 12.6. The number of allylic oxidation sites excluding steroid dienone is 10. The van der Waals surface area contributed by atoms with E-state index in [0.29, 0.717) is 30.3 Å². The molecule has 0 bridgehead atoms. The molecule has 43 heavy (non-hydrogen) atoms. The minimum Gasteiger partial charge on any atom is -0.462 e. The maximum absolute atomic E-state index is 12.4. The molecule has 0 heterocycles. The van der Waals surface area contributed by atoms with Gasteiger partial charge in [0.15, 0.2) is 6.10 Å². The zero-order valence-corrected chi connectivity index (χ0v) is 28.1. The third-order valence-corrected chi connectivity index (χ3v) is 6.80. The summed E-state index contributed by atoms with van der Waals surface area (Å²) in [5.41, 5.74) is 0. The van der Waals surface area contributed by atoms with Gasteiger partial charge in [-0.25, -0.2) is 4.57 Å². The summed E-state index contributed by atoms with van der Waals surface area (Å²) in [5, 5.41) is 0. The van der Waals surface area contributed by atoms with Gasteiger partial charge in [0, 0.05) is 12.8 Å². The van der Waals surface area contributed by atoms with E-state index < -0.39 is 32.5 Å². The zero-order valence-electron chi connectivity index (χ0n) is 27.2. The largest absolute Gasteiger partial charge is 0.472 e. The Hall–Kier alpha value is -2.29. The van der Waals surface area contributed by atoms with Gasteiger partial charge in [-0.05, 0) is 51.4 Å². The molecule has 0 saturated carbocycles. The van der Waals surface area contributed by atoms with Crippen LogP contribution in [-0.2, 0) is 32.7 Å². The number of nitrogens with zero attached hydrogens (tertiary/aromatic N) is 1. The lowest BCUT2D eigenvalue weighted by Gasteiger charge is -2.24. The Kier molecular flexibility index (Phi) is 24.7. The summed E-state index contributed by atoms with van der Waals surface area (Å²) < 4.78 is 33.5. The van der Waals surface area contributed by atoms with E-state index in [1.165, 1.54) is 0 Å². The number of hydrogen-bond donors (Lipinski definition) is 1. The van der Waals surface area contributed by atoms with Crippen LogP contribution in [0, 0.1) is 0 Å². The van der Waals surface area contributed by atoms with Crippen LogP contribution in [0.25, 0.3) is 0 Å². The van der Waals surface area contributed by atoms with Gasteiger partial charge in [-0.2, -0.15) is 0 Å². The highest BCUT2D eigenvalue weighted by atomic mass is 31.2. The average molecular weight is 627 g/mol. The van der Waals surface area contributed by atoms with Crippen LogP contribution >= 0.6 is 7.82 Å². The van der Waals surface area contributed by atoms with E-state index in [4.69, 9.17) is 18.5 Å². The Balaban J connectivity index is 4.43. The molecular weight excluding hydrogens is 569 g/mol. The van der Waals surface area contributed by atoms with E-state index in [1.807, 2.05) is 34.1 Å². The summed E-state index contributed by atoms with van der Waals surface area (Å²) in [6, 6.07) is 0. The van der Waals surface area contributed by atoms with Crippen LogP contribution in [0.3, 0.4) is 0 Å². The molecule has 246 valence electrons. The second kappa shape index (κ2) is 26.1. The van der Waals surface area contributed by atoms with Gasteiger partial charge in [0.05, 0.1) is 27.7 Å². The Bertz CT molecular complexity index is 934. The molecule has 0 fully saturated rings. The molecule has 0 aromatic rings. The van der Waals surface area contributed by atoms with E-state index in [2.05, 4.69) is 61.6 Å². The van der Waals surface area contributed by atoms with Crippen molar-refractivity contribution in [3.63, 3.8) is 0 Å². The molecule has 9 nitrogen and oxygen atoms in total. The van der Waals surface area contributed by atoms with Crippen molar-refractivity contribution in [2.75, 3.05) is 47.5 Å². The minimum absolute atomic E-state index is 0.0174. The first-order valence-corrected chi connectivity index (χ1v) is 17.0. The Morgan fingerprint density at radius 1 is 0.744 bits per heavy atom. The lowest BCUT2D eigenvalue weighted by molar-refractivity contribution is -0.870. The molecule has 1 N–H and O–H groups in total. The molecule has 0 rings (SSSR count). The smallest absolute Gasteiger partial charge is 0.462 e. The number of phosphoric acid groups is 1. The predicted molar refractivity (Wildman–Crippen MR) is 173 cm³/mol. The molecule has 0 aliphatic rings. The number of phosphoric ester groups is 1. The van der Waals surface area contributed by atoms with Crippen molar-refractivity contribution in [2.45, 2.75) is 90.6 Å². The van der Waals surface area contributed by atoms with Gasteiger partial charge in [-0.3, -0.25) is 18.6 Å². The lowest BCUT2D eigenvalue weighted by atomic mass is 10.2. The molecule has 2 atom stereocenters. The first-order chi connectivity index (χ1) is 20.5. The van der Waals surface area contributed by atoms with Crippen molar-refractivity contribution in [2.24, 2.45) is 0 Å². The van der Waals surface area contributed by atoms with Crippen molar-refractivity contribution in [1.82, 2.24) is 0 Å². The third-order valence-electron chi connectivity index (χ3n) is 5.81. The monoisotopic (exact) mass is 626 g/mol. The zero-order chi connectivity index (χ0) is 32.2. The van der Waals surface area contributed by atoms with Crippen LogP contribution in [0.1, 0.15) is 84.5 Å². The molecule has 0 radical (unpaired) electrons. The number of carbonyl (C=O) groups is 2. The first-order valence-electron chi connectivity index (χ1n) is 15.5. The molecule has 2 unspecified atom stereocenters. The van der Waals surface area contributed by atoms with E-state index >= 15 is 0 Å². The maximum Gasteiger partial charge on any atom is 0.472 e. The fraction of sp³-hybridized carbons (Fsp3) is 0.636. The van der Waals surface area contributed by atoms with Crippen LogP contribution in [-0.4, -0.2) is 74.9 Å². The van der Waals surface area contributed by atoms with Crippen LogP contribution < -0.4 is 0 Å². The van der Waals surface area contributed by atoms with Crippen LogP contribution in [0.2, 0.25) is 0 Å². The van der Waals surface area contributed by atoms with Gasteiger partial charge >= 0.3 is 19.8 Å². The van der Waals surface area contributed by atoms with Crippen LogP contribution in [0.4, 0.5) is 0 Å². The van der Waals surface area contributed by atoms with Crippen LogP contribution in [0.15, 0.2) is 60.8 Å². The number of unbranched alkanes of at least 4 members (excludes halogenated alkanes) is 2. The maximum atomic E-state index is 12.4. The van der Waals surface area contributed by atoms with E-state index in [-0.39, 0.29) is 26.1 Å². The van der Waals surface area contributed by atoms with Gasteiger partial charge in [0.2, 0.25) is 0 Å². The van der Waals surface area contributed by atoms with Gasteiger partial charge in [-0.15, -0.1) is 0 Å². The molecule has 0 aromatic heterocycles. The van der Waals surface area contributed by atoms with Crippen molar-refractivity contribution >= 4 is 19.8 Å². The summed E-state index contributed by atoms with van der Waals surface area (Å²) >= 11 is 0. The highest BCUT2D eigenvalue weighted by Gasteiger charge is 2.26. The summed E-state index contributed by atoms with van der Waals surface area (Å²) in [6.07, 6.45) is 28.3. The van der Waals surface area contributed by atoms with Gasteiger partial charge in [0.25, 0.3) is 0 Å². The number of esters is 2. The molecule has 0 aliphatic carbocycles. The Labute approximate surface area is 260 Å². The number of quaternary nitrogens is 1. The van der Waals surface area contributed by atoms with E-state index in [9.17, 15) is 19.0 Å². The quantitative estimate of drug-likeness (QED) is 0.0348. The molecule has 0 aromatic carbocycles. The Morgan fingerprint density at radius 2 is 1.28 bits per heavy atom. The topological polar surface area (TPSA) is 108 Å². The highest BCUT2D eigenvalue weighted by Crippen LogP contribution is 2.43. The minimum atomic E-state index is -4.36. The molecule has 10 heteroatoms. The number of carbonyl (C=O) groups excluding carboxylic acids is 2. The normalized spacial score (nSPS) is 14.8. The number of hydrogen-bond acceptors (Lipinski definition) is 7. The van der Waals surface area contributed by atoms with Crippen molar-refractivity contribution < 1.29 is 42.1 Å². The summed E-state index contributed by atoms with van der Waals surface area (Å²) in [7, 11) is 1.42. The summed E-state index contributed by atoms with van der Waals surface area (Å²) in [5.74, 6) is -0.919. The highest BCUT2D eigenvalue weighted by molar-refractivity contribution is 7.47. The number of ether oxygens (including phenoxy) is 2. The summed E-state index contributed by atoms with van der Waals surface area (Å²) in [6.45, 7) is 3.92. The number of rotatable bonds is 26. The van der Waals surface area contributed by atoms with E-state index in [0.717, 1.165) is 38.5 Å². The fourth-order valence-corrected chi connectivity index (χ4v) is 4.06. The standard InChI is InChI=1S/C33H56NO8P/c1-6-8-10-11-12-13-14-15-16-17-18-19-20-21-22-23-24-26-33(36)42-31(29-39-32(35)25-9-7-2)30-41-43(37,38)40-28-27-34(3,4)5/h8,10,12-13,15-16,18-19,21-22,31H,6-7,9,11,14,17,20,23-30H2,1-5H3/p+1/b10-8-,13-12-,16-15-,19-18-,22-21-. The van der Waals surface area contributed by atoms with Crippen LogP contribution in [0.5, 0.6) is 0 Å². The second-order valence-electron chi connectivity index (χ2n) is 11.1. The third kappa shape index (κ3) is 29.6. The lowest BCUT2D eigenvalue weighted by Crippen LogP contribution is -2.37. The van der Waals surface area contributed by atoms with Crippen molar-refractivity contribution in [3.8, 4) is 0 Å².